The first-order chi connectivity index (χ1) is 9.47. The molecule has 0 aromatic heterocycles. The summed E-state index contributed by atoms with van der Waals surface area (Å²) in [6.45, 7) is 6.52. The van der Waals surface area contributed by atoms with Crippen molar-refractivity contribution in [3.05, 3.63) is 40.4 Å². The minimum Gasteiger partial charge on any atom is -0.491 e. The first kappa shape index (κ1) is 14.7. The molecule has 2 rings (SSSR count). The lowest BCUT2D eigenvalue weighted by Gasteiger charge is -2.17. The third kappa shape index (κ3) is 3.45. The largest absolute Gasteiger partial charge is 0.491 e. The molecule has 5 heteroatoms. The number of ether oxygens (including phenoxy) is 1. The van der Waals surface area contributed by atoms with E-state index in [1.165, 1.54) is 6.08 Å². The number of amides is 1. The maximum absolute atomic E-state index is 10.9. The van der Waals surface area contributed by atoms with Gasteiger partial charge in [-0.1, -0.05) is 31.5 Å². The summed E-state index contributed by atoms with van der Waals surface area (Å²) in [5.41, 5.74) is 2.14. The van der Waals surface area contributed by atoms with Gasteiger partial charge >= 0.3 is 0 Å². The van der Waals surface area contributed by atoms with E-state index in [1.807, 2.05) is 19.1 Å². The molecule has 1 aliphatic rings. The predicted molar refractivity (Wildman–Crippen MR) is 78.6 cm³/mol. The number of halogens is 1. The minimum atomic E-state index is -0.331. The zero-order valence-corrected chi connectivity index (χ0v) is 12.5. The Morgan fingerprint density at radius 3 is 2.75 bits per heavy atom. The molecule has 1 unspecified atom stereocenters. The summed E-state index contributed by atoms with van der Waals surface area (Å²) in [7, 11) is 0. The lowest BCUT2D eigenvalue weighted by Crippen LogP contribution is -2.16. The van der Waals surface area contributed by atoms with Gasteiger partial charge in [0.2, 0.25) is 0 Å². The molecule has 1 atom stereocenters. The number of nitrogens with zero attached hydrogens (tertiary/aromatic N) is 2. The summed E-state index contributed by atoms with van der Waals surface area (Å²) in [5, 5.41) is 8.06. The van der Waals surface area contributed by atoms with Crippen LogP contribution in [0.25, 0.3) is 0 Å². The van der Waals surface area contributed by atoms with E-state index in [2.05, 4.69) is 24.1 Å². The summed E-state index contributed by atoms with van der Waals surface area (Å²) in [6, 6.07) is 3.65. The van der Waals surface area contributed by atoms with Gasteiger partial charge in [-0.25, -0.2) is 0 Å². The Labute approximate surface area is 123 Å². The second-order valence-corrected chi connectivity index (χ2v) is 5.49. The Hall–Kier alpha value is -1.68. The molecule has 1 aromatic rings. The first-order valence-electron chi connectivity index (χ1n) is 6.53. The van der Waals surface area contributed by atoms with Crippen molar-refractivity contribution in [2.24, 2.45) is 10.2 Å². The Kier molecular flexibility index (Phi) is 4.55. The number of hydrogen-bond acceptors (Lipinski definition) is 3. The first-order valence-corrected chi connectivity index (χ1v) is 6.91. The number of azo groups is 1. The highest BCUT2D eigenvalue weighted by Crippen LogP contribution is 2.32. The van der Waals surface area contributed by atoms with Gasteiger partial charge < -0.3 is 4.74 Å². The Morgan fingerprint density at radius 2 is 2.15 bits per heavy atom. The highest BCUT2D eigenvalue weighted by atomic mass is 35.5. The van der Waals surface area contributed by atoms with Crippen LogP contribution in [0.5, 0.6) is 5.75 Å². The molecule has 1 amide bonds. The van der Waals surface area contributed by atoms with Crippen LogP contribution in [-0.4, -0.2) is 18.6 Å². The molecule has 1 aliphatic heterocycles. The van der Waals surface area contributed by atoms with E-state index in [0.29, 0.717) is 17.5 Å². The van der Waals surface area contributed by atoms with Gasteiger partial charge in [0.15, 0.2) is 0 Å². The average molecular weight is 293 g/mol. The van der Waals surface area contributed by atoms with Crippen LogP contribution in [0, 0.1) is 6.92 Å². The van der Waals surface area contributed by atoms with Gasteiger partial charge in [-0.05, 0) is 36.1 Å². The molecule has 0 radical (unpaired) electrons. The molecule has 1 heterocycles. The number of aryl methyl sites for hydroxylation is 1. The predicted octanol–water partition coefficient (Wildman–Crippen LogP) is 4.07. The van der Waals surface area contributed by atoms with Gasteiger partial charge in [0, 0.05) is 11.1 Å². The van der Waals surface area contributed by atoms with Crippen molar-refractivity contribution in [3.63, 3.8) is 0 Å². The molecule has 0 N–H and O–H groups in total. The highest BCUT2D eigenvalue weighted by molar-refractivity contribution is 6.31. The van der Waals surface area contributed by atoms with Crippen LogP contribution in [0.15, 0.2) is 34.5 Å². The number of rotatable bonds is 4. The molecule has 0 aliphatic carbocycles. The maximum Gasteiger partial charge on any atom is 0.287 e. The Morgan fingerprint density at radius 1 is 1.40 bits per heavy atom. The van der Waals surface area contributed by atoms with Crippen LogP contribution >= 0.6 is 11.6 Å². The van der Waals surface area contributed by atoms with Gasteiger partial charge in [0.05, 0.1) is 0 Å². The molecule has 0 saturated carbocycles. The fourth-order valence-corrected chi connectivity index (χ4v) is 2.08. The summed E-state index contributed by atoms with van der Waals surface area (Å²) >= 11 is 6.15. The van der Waals surface area contributed by atoms with Gasteiger partial charge in [0.1, 0.15) is 18.4 Å². The normalized spacial score (nSPS) is 17.9. The standard InChI is InChI=1S/C15H17ClN2O2/c1-9(2)12-6-10(3)13(16)7-14(12)20-8-11-4-5-15(19)18-17-11/h4-7,9,11H,8H2,1-3H3. The Balaban J connectivity index is 2.13. The molecule has 1 aromatic carbocycles. The van der Waals surface area contributed by atoms with E-state index < -0.39 is 0 Å². The van der Waals surface area contributed by atoms with Gasteiger partial charge in [0.25, 0.3) is 5.91 Å². The van der Waals surface area contributed by atoms with Gasteiger partial charge in [-0.2, -0.15) is 5.11 Å². The van der Waals surface area contributed by atoms with E-state index in [0.717, 1.165) is 16.9 Å². The quantitative estimate of drug-likeness (QED) is 0.840. The number of hydrogen-bond donors (Lipinski definition) is 0. The molecule has 0 saturated heterocycles. The zero-order valence-electron chi connectivity index (χ0n) is 11.8. The summed E-state index contributed by atoms with van der Waals surface area (Å²) < 4.78 is 5.81. The second-order valence-electron chi connectivity index (χ2n) is 5.09. The molecular formula is C15H17ClN2O2. The van der Waals surface area contributed by atoms with E-state index in [1.54, 1.807) is 6.08 Å². The van der Waals surface area contributed by atoms with Crippen LogP contribution < -0.4 is 4.74 Å². The van der Waals surface area contributed by atoms with Crippen LogP contribution in [0.3, 0.4) is 0 Å². The van der Waals surface area contributed by atoms with Gasteiger partial charge in [-0.15, -0.1) is 5.11 Å². The fraction of sp³-hybridized carbons (Fsp3) is 0.400. The van der Waals surface area contributed by atoms with Crippen molar-refractivity contribution in [1.82, 2.24) is 0 Å². The molecule has 0 spiro atoms. The van der Waals surface area contributed by atoms with Crippen molar-refractivity contribution in [2.45, 2.75) is 32.7 Å². The summed E-state index contributed by atoms with van der Waals surface area (Å²) in [5.74, 6) is 0.768. The second kappa shape index (κ2) is 6.18. The SMILES string of the molecule is Cc1cc(C(C)C)c(OCC2C=CC(=O)N=N2)cc1Cl. The smallest absolute Gasteiger partial charge is 0.287 e. The molecule has 4 nitrogen and oxygen atoms in total. The van der Waals surface area contributed by atoms with Crippen LogP contribution in [0.1, 0.15) is 30.9 Å². The van der Waals surface area contributed by atoms with Crippen molar-refractivity contribution in [1.29, 1.82) is 0 Å². The molecule has 20 heavy (non-hydrogen) atoms. The van der Waals surface area contributed by atoms with Gasteiger partial charge in [-0.3, -0.25) is 4.79 Å². The van der Waals surface area contributed by atoms with E-state index in [9.17, 15) is 4.79 Å². The maximum atomic E-state index is 10.9. The molecule has 106 valence electrons. The highest BCUT2D eigenvalue weighted by Gasteiger charge is 2.14. The topological polar surface area (TPSA) is 51.0 Å². The van der Waals surface area contributed by atoms with Crippen molar-refractivity contribution >= 4 is 17.5 Å². The van der Waals surface area contributed by atoms with Crippen LogP contribution in [-0.2, 0) is 4.79 Å². The molecule has 0 bridgehead atoms. The summed E-state index contributed by atoms with van der Waals surface area (Å²) in [6.07, 6.45) is 3.10. The lowest BCUT2D eigenvalue weighted by atomic mass is 10.00. The van der Waals surface area contributed by atoms with Crippen LogP contribution in [0.4, 0.5) is 0 Å². The third-order valence-corrected chi connectivity index (χ3v) is 3.50. The minimum absolute atomic E-state index is 0.229. The Bertz CT molecular complexity index is 563. The number of carbonyl (C=O) groups is 1. The number of benzene rings is 1. The molecular weight excluding hydrogens is 276 g/mol. The summed E-state index contributed by atoms with van der Waals surface area (Å²) in [4.78, 5) is 10.9. The van der Waals surface area contributed by atoms with Crippen molar-refractivity contribution in [3.8, 4) is 5.75 Å². The average Bonchev–Trinajstić information content (AvgIpc) is 2.41. The zero-order chi connectivity index (χ0) is 14.7. The third-order valence-electron chi connectivity index (χ3n) is 3.09. The van der Waals surface area contributed by atoms with E-state index in [-0.39, 0.29) is 11.9 Å². The van der Waals surface area contributed by atoms with Crippen LogP contribution in [0.2, 0.25) is 5.02 Å². The fourth-order valence-electron chi connectivity index (χ4n) is 1.92. The lowest BCUT2D eigenvalue weighted by molar-refractivity contribution is -0.114. The van der Waals surface area contributed by atoms with E-state index in [4.69, 9.17) is 16.3 Å². The number of carbonyl (C=O) groups excluding carboxylic acids is 1. The van der Waals surface area contributed by atoms with Crippen molar-refractivity contribution in [2.75, 3.05) is 6.61 Å². The van der Waals surface area contributed by atoms with E-state index >= 15 is 0 Å². The molecule has 0 fully saturated rings. The van der Waals surface area contributed by atoms with Crippen molar-refractivity contribution < 1.29 is 9.53 Å². The monoisotopic (exact) mass is 292 g/mol.